The molecule has 2 nitrogen and oxygen atoms in total. The highest BCUT2D eigenvalue weighted by Crippen LogP contribution is 2.34. The molecular formula is C20H21F3O2. The fraction of sp³-hybridized carbons (Fsp3) is 0.350. The monoisotopic (exact) mass is 350 g/mol. The Hall–Kier alpha value is -2.30. The Morgan fingerprint density at radius 3 is 2.04 bits per heavy atom. The molecule has 0 radical (unpaired) electrons. The molecule has 0 aromatic heterocycles. The number of carboxylic acids is 1. The molecule has 2 rings (SSSR count). The van der Waals surface area contributed by atoms with Crippen LogP contribution in [0.2, 0.25) is 0 Å². The van der Waals surface area contributed by atoms with Gasteiger partial charge in [-0.15, -0.1) is 0 Å². The van der Waals surface area contributed by atoms with E-state index >= 15 is 0 Å². The van der Waals surface area contributed by atoms with E-state index in [1.54, 1.807) is 18.2 Å². The Morgan fingerprint density at radius 1 is 0.920 bits per heavy atom. The second kappa shape index (κ2) is 6.90. The summed E-state index contributed by atoms with van der Waals surface area (Å²) in [4.78, 5) is 11.5. The fourth-order valence-corrected chi connectivity index (χ4v) is 3.16. The molecule has 0 heterocycles. The van der Waals surface area contributed by atoms with E-state index in [1.165, 1.54) is 18.2 Å². The third-order valence-corrected chi connectivity index (χ3v) is 4.12. The van der Waals surface area contributed by atoms with Crippen LogP contribution in [-0.2, 0) is 24.4 Å². The molecule has 0 aliphatic rings. The Bertz CT molecular complexity index is 771. The number of benzene rings is 2. The number of rotatable bonds is 4. The number of aromatic carboxylic acids is 1. The third kappa shape index (κ3) is 4.41. The van der Waals surface area contributed by atoms with Crippen LogP contribution in [0.4, 0.5) is 13.2 Å². The van der Waals surface area contributed by atoms with Gasteiger partial charge in [0.2, 0.25) is 0 Å². The van der Waals surface area contributed by atoms with Gasteiger partial charge in [-0.3, -0.25) is 0 Å². The molecule has 0 aliphatic heterocycles. The molecule has 2 aromatic rings. The van der Waals surface area contributed by atoms with Crippen LogP contribution in [0, 0.1) is 0 Å². The summed E-state index contributed by atoms with van der Waals surface area (Å²) in [6.07, 6.45) is -3.85. The molecule has 0 fully saturated rings. The fourth-order valence-electron chi connectivity index (χ4n) is 3.16. The first-order chi connectivity index (χ1) is 11.5. The van der Waals surface area contributed by atoms with Crippen LogP contribution in [0.25, 0.3) is 0 Å². The quantitative estimate of drug-likeness (QED) is 0.792. The number of aryl methyl sites for hydroxylation is 2. The van der Waals surface area contributed by atoms with Crippen LogP contribution >= 0.6 is 0 Å². The average molecular weight is 350 g/mol. The molecule has 0 amide bonds. The maximum absolute atomic E-state index is 13.1. The van der Waals surface area contributed by atoms with E-state index in [9.17, 15) is 23.1 Å². The smallest absolute Gasteiger partial charge is 0.416 e. The predicted molar refractivity (Wildman–Crippen MR) is 91.0 cm³/mol. The lowest BCUT2D eigenvalue weighted by Gasteiger charge is -2.25. The van der Waals surface area contributed by atoms with E-state index in [-0.39, 0.29) is 17.5 Å². The van der Waals surface area contributed by atoms with E-state index in [4.69, 9.17) is 0 Å². The molecule has 0 unspecified atom stereocenters. The van der Waals surface area contributed by atoms with E-state index in [1.807, 2.05) is 20.8 Å². The van der Waals surface area contributed by atoms with Crippen molar-refractivity contribution >= 4 is 5.97 Å². The lowest BCUT2D eigenvalue weighted by atomic mass is 9.79. The average Bonchev–Trinajstić information content (AvgIpc) is 2.51. The number of carbonyl (C=O) groups is 1. The molecular weight excluding hydrogens is 329 g/mol. The minimum atomic E-state index is -4.40. The Morgan fingerprint density at radius 2 is 1.48 bits per heavy atom. The van der Waals surface area contributed by atoms with Gasteiger partial charge in [-0.1, -0.05) is 51.1 Å². The van der Waals surface area contributed by atoms with Crippen molar-refractivity contribution in [3.05, 3.63) is 70.3 Å². The number of hydrogen-bond acceptors (Lipinski definition) is 1. The summed E-state index contributed by atoms with van der Waals surface area (Å²) >= 11 is 0. The summed E-state index contributed by atoms with van der Waals surface area (Å²) in [5.41, 5.74) is 0.802. The van der Waals surface area contributed by atoms with Crippen molar-refractivity contribution in [2.24, 2.45) is 0 Å². The van der Waals surface area contributed by atoms with Gasteiger partial charge in [0.25, 0.3) is 0 Å². The van der Waals surface area contributed by atoms with Crippen molar-refractivity contribution in [2.45, 2.75) is 45.2 Å². The Kier molecular flexibility index (Phi) is 5.26. The first kappa shape index (κ1) is 19.0. The highest BCUT2D eigenvalue weighted by Gasteiger charge is 2.33. The van der Waals surface area contributed by atoms with Gasteiger partial charge in [0.05, 0.1) is 11.1 Å². The molecule has 0 atom stereocenters. The van der Waals surface area contributed by atoms with Crippen LogP contribution < -0.4 is 0 Å². The van der Waals surface area contributed by atoms with E-state index in [0.29, 0.717) is 12.0 Å². The number of carboxylic acid groups (broad SMARTS) is 1. The SMILES string of the molecule is CC(C)(C)c1c(CCc2ccccc2C(F)(F)F)cccc1C(=O)O. The molecule has 0 bridgehead atoms. The van der Waals surface area contributed by atoms with Crippen LogP contribution in [0.5, 0.6) is 0 Å². The van der Waals surface area contributed by atoms with Crippen LogP contribution in [0.1, 0.15) is 53.4 Å². The Balaban J connectivity index is 2.41. The molecule has 0 saturated carbocycles. The third-order valence-electron chi connectivity index (χ3n) is 4.12. The van der Waals surface area contributed by atoms with Crippen molar-refractivity contribution in [3.63, 3.8) is 0 Å². The summed E-state index contributed by atoms with van der Waals surface area (Å²) < 4.78 is 39.4. The highest BCUT2D eigenvalue weighted by atomic mass is 19.4. The largest absolute Gasteiger partial charge is 0.478 e. The minimum absolute atomic E-state index is 0.196. The molecule has 2 aromatic carbocycles. The van der Waals surface area contributed by atoms with Crippen molar-refractivity contribution in [1.29, 1.82) is 0 Å². The summed E-state index contributed by atoms with van der Waals surface area (Å²) in [5, 5.41) is 9.44. The normalized spacial score (nSPS) is 12.2. The van der Waals surface area contributed by atoms with Gasteiger partial charge < -0.3 is 5.11 Å². The zero-order valence-electron chi connectivity index (χ0n) is 14.4. The number of hydrogen-bond donors (Lipinski definition) is 1. The van der Waals surface area contributed by atoms with Crippen LogP contribution in [-0.4, -0.2) is 11.1 Å². The molecule has 0 aliphatic carbocycles. The Labute approximate surface area is 145 Å². The predicted octanol–water partition coefficient (Wildman–Crippen LogP) is 5.49. The molecule has 134 valence electrons. The zero-order chi connectivity index (χ0) is 18.8. The van der Waals surface area contributed by atoms with Gasteiger partial charge >= 0.3 is 12.1 Å². The van der Waals surface area contributed by atoms with Crippen molar-refractivity contribution in [1.82, 2.24) is 0 Å². The van der Waals surface area contributed by atoms with Gasteiger partial charge in [0, 0.05) is 0 Å². The van der Waals surface area contributed by atoms with Gasteiger partial charge in [-0.05, 0) is 47.1 Å². The van der Waals surface area contributed by atoms with Gasteiger partial charge in [-0.2, -0.15) is 13.2 Å². The van der Waals surface area contributed by atoms with E-state index in [0.717, 1.165) is 11.6 Å². The van der Waals surface area contributed by atoms with Gasteiger partial charge in [0.1, 0.15) is 0 Å². The van der Waals surface area contributed by atoms with Crippen LogP contribution in [0.15, 0.2) is 42.5 Å². The van der Waals surface area contributed by atoms with Gasteiger partial charge in [0.15, 0.2) is 0 Å². The van der Waals surface area contributed by atoms with E-state index in [2.05, 4.69) is 0 Å². The highest BCUT2D eigenvalue weighted by molar-refractivity contribution is 5.90. The topological polar surface area (TPSA) is 37.3 Å². The lowest BCUT2D eigenvalue weighted by Crippen LogP contribution is -2.20. The molecule has 0 saturated heterocycles. The molecule has 25 heavy (non-hydrogen) atoms. The second-order valence-electron chi connectivity index (χ2n) is 7.05. The first-order valence-electron chi connectivity index (χ1n) is 8.02. The number of halogens is 3. The summed E-state index contributed by atoms with van der Waals surface area (Å²) in [7, 11) is 0. The summed E-state index contributed by atoms with van der Waals surface area (Å²) in [6.45, 7) is 5.71. The summed E-state index contributed by atoms with van der Waals surface area (Å²) in [6, 6.07) is 10.5. The standard InChI is InChI=1S/C20H21F3O2/c1-19(2,3)17-14(8-6-9-15(17)18(24)25)12-11-13-7-4-5-10-16(13)20(21,22)23/h4-10H,11-12H2,1-3H3,(H,24,25). The molecule has 0 spiro atoms. The zero-order valence-corrected chi connectivity index (χ0v) is 14.4. The summed E-state index contributed by atoms with van der Waals surface area (Å²) in [5.74, 6) is -1.03. The van der Waals surface area contributed by atoms with Crippen molar-refractivity contribution in [2.75, 3.05) is 0 Å². The minimum Gasteiger partial charge on any atom is -0.478 e. The maximum Gasteiger partial charge on any atom is 0.416 e. The lowest BCUT2D eigenvalue weighted by molar-refractivity contribution is -0.138. The maximum atomic E-state index is 13.1. The first-order valence-corrected chi connectivity index (χ1v) is 8.02. The molecule has 1 N–H and O–H groups in total. The van der Waals surface area contributed by atoms with Gasteiger partial charge in [-0.25, -0.2) is 4.79 Å². The second-order valence-corrected chi connectivity index (χ2v) is 7.05. The molecule has 5 heteroatoms. The van der Waals surface area contributed by atoms with Crippen molar-refractivity contribution < 1.29 is 23.1 Å². The van der Waals surface area contributed by atoms with Crippen molar-refractivity contribution in [3.8, 4) is 0 Å². The van der Waals surface area contributed by atoms with E-state index < -0.39 is 23.1 Å². The van der Waals surface area contributed by atoms with Crippen LogP contribution in [0.3, 0.4) is 0 Å². The number of alkyl halides is 3.